The number of carbonyl (C=O) groups excluding carboxylic acids is 3. The smallest absolute Gasteiger partial charge is 0.223 e. The molecule has 1 aliphatic carbocycles. The number of nitrogens with zero attached hydrogens (tertiary/aromatic N) is 1. The van der Waals surface area contributed by atoms with E-state index in [0.717, 1.165) is 11.3 Å². The third kappa shape index (κ3) is 6.22. The maximum absolute atomic E-state index is 11.7. The second-order valence-corrected chi connectivity index (χ2v) is 5.04. The van der Waals surface area contributed by atoms with Crippen LogP contribution in [0.3, 0.4) is 0 Å². The lowest BCUT2D eigenvalue weighted by Crippen LogP contribution is -2.46. The molecule has 0 unspecified atom stereocenters. The van der Waals surface area contributed by atoms with E-state index < -0.39 is 30.9 Å². The van der Waals surface area contributed by atoms with Gasteiger partial charge in [0.15, 0.2) is 0 Å². The van der Waals surface area contributed by atoms with Crippen LogP contribution in [-0.2, 0) is 14.4 Å². The third-order valence-electron chi connectivity index (χ3n) is 3.47. The van der Waals surface area contributed by atoms with Crippen LogP contribution in [0.2, 0.25) is 0 Å². The highest BCUT2D eigenvalue weighted by atomic mass is 16.4. The minimum absolute atomic E-state index is 0.178. The maximum atomic E-state index is 11.7. The zero-order chi connectivity index (χ0) is 14.3. The lowest BCUT2D eigenvalue weighted by Gasteiger charge is -2.23. The Balaban J connectivity index is 2.33. The summed E-state index contributed by atoms with van der Waals surface area (Å²) in [6.07, 6.45) is 6.64. The van der Waals surface area contributed by atoms with E-state index in [4.69, 9.17) is 0 Å². The number of hydrogen-bond donors (Lipinski definition) is 0. The van der Waals surface area contributed by atoms with Crippen LogP contribution < -0.4 is 10.2 Å². The largest absolute Gasteiger partial charge is 0.548 e. The predicted octanol–water partition coefficient (Wildman–Crippen LogP) is -1.32. The Labute approximate surface area is 112 Å². The monoisotopic (exact) mass is 269 g/mol. The Morgan fingerprint density at radius 1 is 1.00 bits per heavy atom. The fourth-order valence-electron chi connectivity index (χ4n) is 2.54. The first-order valence-electron chi connectivity index (χ1n) is 6.66. The second-order valence-electron chi connectivity index (χ2n) is 5.04. The lowest BCUT2D eigenvalue weighted by molar-refractivity contribution is -0.309. The van der Waals surface area contributed by atoms with Gasteiger partial charge in [0.05, 0.1) is 25.0 Å². The first-order valence-corrected chi connectivity index (χ1v) is 6.66. The Hall–Kier alpha value is -1.59. The molecular formula is C13H19NO5-2. The number of amides is 1. The fraction of sp³-hybridized carbons (Fsp3) is 0.769. The second kappa shape index (κ2) is 7.76. The molecule has 1 saturated carbocycles. The topological polar surface area (TPSA) is 101 Å². The highest BCUT2D eigenvalue weighted by Crippen LogP contribution is 2.28. The Bertz CT molecular complexity index is 320. The molecule has 0 bridgehead atoms. The molecule has 0 atom stereocenters. The summed E-state index contributed by atoms with van der Waals surface area (Å²) < 4.78 is 0. The van der Waals surface area contributed by atoms with E-state index >= 15 is 0 Å². The van der Waals surface area contributed by atoms with Crippen LogP contribution in [0.4, 0.5) is 0 Å². The Kier molecular flexibility index (Phi) is 6.32. The molecule has 0 spiro atoms. The fourth-order valence-corrected chi connectivity index (χ4v) is 2.54. The highest BCUT2D eigenvalue weighted by molar-refractivity contribution is 5.84. The molecule has 0 aromatic rings. The normalized spacial score (nSPS) is 15.4. The Morgan fingerprint density at radius 3 is 2.00 bits per heavy atom. The van der Waals surface area contributed by atoms with Gasteiger partial charge in [0, 0.05) is 6.42 Å². The summed E-state index contributed by atoms with van der Waals surface area (Å²) in [5.41, 5.74) is 0. The van der Waals surface area contributed by atoms with Gasteiger partial charge in [0.25, 0.3) is 0 Å². The third-order valence-corrected chi connectivity index (χ3v) is 3.47. The minimum Gasteiger partial charge on any atom is -0.548 e. The van der Waals surface area contributed by atoms with Crippen molar-refractivity contribution < 1.29 is 24.6 Å². The van der Waals surface area contributed by atoms with Crippen molar-refractivity contribution in [3.8, 4) is 0 Å². The van der Waals surface area contributed by atoms with Gasteiger partial charge in [-0.1, -0.05) is 25.7 Å². The van der Waals surface area contributed by atoms with E-state index in [1.807, 2.05) is 0 Å². The first-order chi connectivity index (χ1) is 8.99. The summed E-state index contributed by atoms with van der Waals surface area (Å²) in [5, 5.41) is 20.9. The molecule has 108 valence electrons. The van der Waals surface area contributed by atoms with E-state index in [1.54, 1.807) is 0 Å². The van der Waals surface area contributed by atoms with E-state index in [0.29, 0.717) is 12.3 Å². The highest BCUT2D eigenvalue weighted by Gasteiger charge is 2.17. The standard InChI is InChI=1S/C13H21NO5/c15-11(7-3-6-10-4-1-2-5-10)14(8-12(16)17)9-13(18)19/h10H,1-9H2,(H,16,17)(H,18,19)/p-2. The van der Waals surface area contributed by atoms with Crippen molar-refractivity contribution in [1.29, 1.82) is 0 Å². The van der Waals surface area contributed by atoms with E-state index in [9.17, 15) is 24.6 Å². The molecule has 1 fully saturated rings. The summed E-state index contributed by atoms with van der Waals surface area (Å²) in [6.45, 7) is -1.40. The van der Waals surface area contributed by atoms with Gasteiger partial charge in [-0.3, -0.25) is 4.79 Å². The number of rotatable bonds is 8. The van der Waals surface area contributed by atoms with Crippen LogP contribution in [-0.4, -0.2) is 35.8 Å². The van der Waals surface area contributed by atoms with Crippen molar-refractivity contribution in [1.82, 2.24) is 4.90 Å². The maximum Gasteiger partial charge on any atom is 0.223 e. The van der Waals surface area contributed by atoms with Gasteiger partial charge in [-0.05, 0) is 18.8 Å². The number of carboxylic acids is 2. The van der Waals surface area contributed by atoms with Gasteiger partial charge in [-0.25, -0.2) is 0 Å². The molecule has 0 N–H and O–H groups in total. The zero-order valence-corrected chi connectivity index (χ0v) is 10.9. The van der Waals surface area contributed by atoms with Gasteiger partial charge in [-0.2, -0.15) is 0 Å². The van der Waals surface area contributed by atoms with Crippen LogP contribution in [0.5, 0.6) is 0 Å². The van der Waals surface area contributed by atoms with Crippen molar-refractivity contribution in [2.24, 2.45) is 5.92 Å². The zero-order valence-electron chi connectivity index (χ0n) is 10.9. The average molecular weight is 269 g/mol. The van der Waals surface area contributed by atoms with E-state index in [1.165, 1.54) is 25.7 Å². The summed E-state index contributed by atoms with van der Waals surface area (Å²) in [4.78, 5) is 33.4. The number of carboxylic acid groups (broad SMARTS) is 2. The van der Waals surface area contributed by atoms with Gasteiger partial charge >= 0.3 is 0 Å². The first kappa shape index (κ1) is 15.5. The van der Waals surface area contributed by atoms with Gasteiger partial charge < -0.3 is 24.7 Å². The molecule has 19 heavy (non-hydrogen) atoms. The quantitative estimate of drug-likeness (QED) is 0.543. The molecule has 1 amide bonds. The van der Waals surface area contributed by atoms with Crippen LogP contribution in [0.25, 0.3) is 0 Å². The minimum atomic E-state index is -1.47. The molecule has 6 nitrogen and oxygen atoms in total. The van der Waals surface area contributed by atoms with Crippen LogP contribution in [0.15, 0.2) is 0 Å². The number of carbonyl (C=O) groups is 3. The van der Waals surface area contributed by atoms with Gasteiger partial charge in [-0.15, -0.1) is 0 Å². The van der Waals surface area contributed by atoms with E-state index in [2.05, 4.69) is 0 Å². The lowest BCUT2D eigenvalue weighted by atomic mass is 10.0. The molecule has 0 aromatic carbocycles. The van der Waals surface area contributed by atoms with Crippen LogP contribution in [0, 0.1) is 5.92 Å². The molecule has 0 aliphatic heterocycles. The van der Waals surface area contributed by atoms with Crippen LogP contribution in [0.1, 0.15) is 44.9 Å². The molecule has 0 aromatic heterocycles. The van der Waals surface area contributed by atoms with Crippen molar-refractivity contribution in [2.45, 2.75) is 44.9 Å². The number of aliphatic carboxylic acids is 2. The summed E-state index contributed by atoms with van der Waals surface area (Å²) in [7, 11) is 0. The molecule has 0 heterocycles. The van der Waals surface area contributed by atoms with Crippen LogP contribution >= 0.6 is 0 Å². The molecule has 0 radical (unpaired) electrons. The average Bonchev–Trinajstić information content (AvgIpc) is 2.79. The SMILES string of the molecule is O=C([O-])CN(CC(=O)[O-])C(=O)CCCC1CCCC1. The summed E-state index contributed by atoms with van der Waals surface area (Å²) in [5.74, 6) is -2.74. The van der Waals surface area contributed by atoms with Gasteiger partial charge in [0.1, 0.15) is 0 Å². The number of hydrogen-bond acceptors (Lipinski definition) is 5. The predicted molar refractivity (Wildman–Crippen MR) is 62.4 cm³/mol. The van der Waals surface area contributed by atoms with Crippen molar-refractivity contribution in [3.63, 3.8) is 0 Å². The molecular weight excluding hydrogens is 250 g/mol. The molecule has 1 rings (SSSR count). The van der Waals surface area contributed by atoms with Crippen molar-refractivity contribution in [2.75, 3.05) is 13.1 Å². The molecule has 1 aliphatic rings. The molecule has 6 heteroatoms. The molecule has 0 saturated heterocycles. The summed E-state index contributed by atoms with van der Waals surface area (Å²) in [6, 6.07) is 0. The van der Waals surface area contributed by atoms with E-state index in [-0.39, 0.29) is 6.42 Å². The summed E-state index contributed by atoms with van der Waals surface area (Å²) >= 11 is 0. The Morgan fingerprint density at radius 2 is 1.53 bits per heavy atom. The van der Waals surface area contributed by atoms with Gasteiger partial charge in [0.2, 0.25) is 5.91 Å². The van der Waals surface area contributed by atoms with Crippen molar-refractivity contribution in [3.05, 3.63) is 0 Å². The van der Waals surface area contributed by atoms with Crippen molar-refractivity contribution >= 4 is 17.8 Å².